The largest absolute Gasteiger partial charge is 0.482 e. The first kappa shape index (κ1) is 19.0. The molecule has 0 radical (unpaired) electrons. The third-order valence-corrected chi connectivity index (χ3v) is 6.09. The van der Waals surface area contributed by atoms with E-state index in [2.05, 4.69) is 20.2 Å². The molecule has 1 aromatic carbocycles. The molecule has 4 aromatic rings. The van der Waals surface area contributed by atoms with Gasteiger partial charge in [-0.05, 0) is 56.4 Å². The molecule has 0 saturated heterocycles. The van der Waals surface area contributed by atoms with Gasteiger partial charge in [-0.3, -0.25) is 0 Å². The van der Waals surface area contributed by atoms with Crippen molar-refractivity contribution in [2.75, 3.05) is 5.73 Å². The van der Waals surface area contributed by atoms with E-state index in [-0.39, 0.29) is 11.6 Å². The number of anilines is 1. The number of nitrogens with two attached hydrogens (primary N) is 1. The van der Waals surface area contributed by atoms with Gasteiger partial charge in [0.1, 0.15) is 24.8 Å². The number of benzene rings is 1. The highest BCUT2D eigenvalue weighted by Crippen LogP contribution is 2.40. The molecule has 0 spiro atoms. The van der Waals surface area contributed by atoms with Crippen molar-refractivity contribution in [3.05, 3.63) is 59.6 Å². The SMILES string of the molecule is C[C@H]1Oc2cc(cnc2N)-c2c(CC3CC3)noc2Cn2ncnc2-c2ccc(F)cc21. The number of pyridine rings is 1. The zero-order chi connectivity index (χ0) is 21.8. The Morgan fingerprint density at radius 2 is 2.09 bits per heavy atom. The lowest BCUT2D eigenvalue weighted by atomic mass is 10.00. The molecule has 162 valence electrons. The minimum Gasteiger partial charge on any atom is -0.482 e. The van der Waals surface area contributed by atoms with Gasteiger partial charge in [0.25, 0.3) is 0 Å². The van der Waals surface area contributed by atoms with Gasteiger partial charge in [-0.2, -0.15) is 5.10 Å². The van der Waals surface area contributed by atoms with E-state index in [1.54, 1.807) is 16.9 Å². The summed E-state index contributed by atoms with van der Waals surface area (Å²) >= 11 is 0. The van der Waals surface area contributed by atoms with Crippen LogP contribution in [0.5, 0.6) is 5.75 Å². The van der Waals surface area contributed by atoms with Gasteiger partial charge in [-0.1, -0.05) is 5.16 Å². The second-order valence-electron chi connectivity index (χ2n) is 8.42. The van der Waals surface area contributed by atoms with Crippen LogP contribution in [0.25, 0.3) is 22.5 Å². The summed E-state index contributed by atoms with van der Waals surface area (Å²) in [6.07, 6.45) is 5.94. The monoisotopic (exact) mass is 432 g/mol. The standard InChI is InChI=1S/C23H21FN6O2/c1-12-17-8-15(24)4-5-16(17)23-27-11-28-30(23)10-20-21(18(29-32-20)6-13-2-3-13)14-7-19(31-12)22(25)26-9-14/h4-5,7-9,11-13H,2-3,6,10H2,1H3,(H2,25,26)/t12-/m1/s1. The molecule has 6 rings (SSSR count). The smallest absolute Gasteiger partial charge is 0.166 e. The number of aromatic nitrogens is 5. The number of fused-ring (bicyclic) bond motifs is 7. The Bertz CT molecular complexity index is 1330. The molecule has 9 heteroatoms. The summed E-state index contributed by atoms with van der Waals surface area (Å²) in [4.78, 5) is 8.81. The first-order valence-corrected chi connectivity index (χ1v) is 10.6. The highest BCUT2D eigenvalue weighted by Gasteiger charge is 2.29. The molecule has 2 N–H and O–H groups in total. The second-order valence-corrected chi connectivity index (χ2v) is 8.42. The molecule has 2 aliphatic rings. The molecule has 1 fully saturated rings. The lowest BCUT2D eigenvalue weighted by molar-refractivity contribution is 0.227. The number of nitrogen functional groups attached to an aromatic ring is 1. The van der Waals surface area contributed by atoms with Crippen LogP contribution in [0.4, 0.5) is 10.2 Å². The van der Waals surface area contributed by atoms with Crippen LogP contribution >= 0.6 is 0 Å². The third kappa shape index (κ3) is 3.21. The Morgan fingerprint density at radius 1 is 1.22 bits per heavy atom. The molecule has 1 aliphatic carbocycles. The summed E-state index contributed by atoms with van der Waals surface area (Å²) in [5.41, 5.74) is 10.1. The quantitative estimate of drug-likeness (QED) is 0.507. The van der Waals surface area contributed by atoms with Crippen molar-refractivity contribution in [1.29, 1.82) is 0 Å². The Labute approximate surface area is 183 Å². The van der Waals surface area contributed by atoms with Gasteiger partial charge in [-0.15, -0.1) is 0 Å². The molecule has 2 bridgehead atoms. The van der Waals surface area contributed by atoms with E-state index in [0.29, 0.717) is 35.4 Å². The van der Waals surface area contributed by atoms with Crippen molar-refractivity contribution in [2.24, 2.45) is 5.92 Å². The maximum absolute atomic E-state index is 14.2. The first-order chi connectivity index (χ1) is 15.6. The normalized spacial score (nSPS) is 17.4. The zero-order valence-corrected chi connectivity index (χ0v) is 17.5. The Morgan fingerprint density at radius 3 is 2.94 bits per heavy atom. The summed E-state index contributed by atoms with van der Waals surface area (Å²) < 4.78 is 27.9. The van der Waals surface area contributed by atoms with Crippen molar-refractivity contribution in [3.8, 4) is 28.3 Å². The summed E-state index contributed by atoms with van der Waals surface area (Å²) in [7, 11) is 0. The summed E-state index contributed by atoms with van der Waals surface area (Å²) in [6.45, 7) is 2.17. The van der Waals surface area contributed by atoms with Crippen LogP contribution in [0.15, 0.2) is 41.3 Å². The van der Waals surface area contributed by atoms with Gasteiger partial charge < -0.3 is 15.0 Å². The molecule has 32 heavy (non-hydrogen) atoms. The molecule has 1 aliphatic heterocycles. The number of ether oxygens (including phenoxy) is 1. The maximum Gasteiger partial charge on any atom is 0.166 e. The molecule has 8 nitrogen and oxygen atoms in total. The van der Waals surface area contributed by atoms with Gasteiger partial charge in [0.2, 0.25) is 0 Å². The Kier molecular flexibility index (Phi) is 4.24. The van der Waals surface area contributed by atoms with Crippen molar-refractivity contribution in [1.82, 2.24) is 24.9 Å². The molecule has 4 heterocycles. The van der Waals surface area contributed by atoms with Gasteiger partial charge in [0.15, 0.2) is 23.2 Å². The highest BCUT2D eigenvalue weighted by atomic mass is 19.1. The number of rotatable bonds is 2. The van der Waals surface area contributed by atoms with Crippen LogP contribution < -0.4 is 10.5 Å². The number of halogens is 1. The van der Waals surface area contributed by atoms with E-state index in [4.69, 9.17) is 15.0 Å². The average Bonchev–Trinajstić information content (AvgIpc) is 3.33. The molecular formula is C23H21FN6O2. The predicted octanol–water partition coefficient (Wildman–Crippen LogP) is 4.17. The van der Waals surface area contributed by atoms with E-state index in [1.807, 2.05) is 13.0 Å². The summed E-state index contributed by atoms with van der Waals surface area (Å²) in [5, 5.41) is 8.79. The molecule has 3 aromatic heterocycles. The molecule has 1 saturated carbocycles. The van der Waals surface area contributed by atoms with E-state index < -0.39 is 6.10 Å². The molecule has 1 atom stereocenters. The third-order valence-electron chi connectivity index (χ3n) is 6.09. The van der Waals surface area contributed by atoms with Crippen LogP contribution in [-0.4, -0.2) is 24.9 Å². The first-order valence-electron chi connectivity index (χ1n) is 10.6. The van der Waals surface area contributed by atoms with Gasteiger partial charge in [-0.25, -0.2) is 19.0 Å². The molecular weight excluding hydrogens is 411 g/mol. The van der Waals surface area contributed by atoms with Gasteiger partial charge in [0, 0.05) is 22.9 Å². The lowest BCUT2D eigenvalue weighted by Crippen LogP contribution is -2.12. The minimum absolute atomic E-state index is 0.264. The van der Waals surface area contributed by atoms with Crippen LogP contribution in [0.2, 0.25) is 0 Å². The van der Waals surface area contributed by atoms with Crippen LogP contribution in [-0.2, 0) is 13.0 Å². The number of hydrogen-bond acceptors (Lipinski definition) is 7. The van der Waals surface area contributed by atoms with E-state index >= 15 is 0 Å². The second kappa shape index (κ2) is 7.15. The highest BCUT2D eigenvalue weighted by molar-refractivity contribution is 5.71. The molecule has 0 unspecified atom stereocenters. The fraction of sp³-hybridized carbons (Fsp3) is 0.304. The fourth-order valence-corrected chi connectivity index (χ4v) is 4.27. The number of nitrogens with zero attached hydrogens (tertiary/aromatic N) is 5. The van der Waals surface area contributed by atoms with Crippen molar-refractivity contribution in [2.45, 2.75) is 38.8 Å². The predicted molar refractivity (Wildman–Crippen MR) is 114 cm³/mol. The average molecular weight is 432 g/mol. The zero-order valence-electron chi connectivity index (χ0n) is 17.5. The lowest BCUT2D eigenvalue weighted by Gasteiger charge is -2.20. The Hall–Kier alpha value is -3.75. The van der Waals surface area contributed by atoms with E-state index in [1.165, 1.54) is 31.3 Å². The van der Waals surface area contributed by atoms with Crippen molar-refractivity contribution >= 4 is 5.82 Å². The van der Waals surface area contributed by atoms with Crippen LogP contribution in [0.1, 0.15) is 42.9 Å². The Balaban J connectivity index is 1.58. The van der Waals surface area contributed by atoms with Gasteiger partial charge in [0.05, 0.1) is 11.3 Å². The van der Waals surface area contributed by atoms with Gasteiger partial charge >= 0.3 is 0 Å². The number of hydrogen-bond donors (Lipinski definition) is 1. The van der Waals surface area contributed by atoms with Crippen molar-refractivity contribution in [3.63, 3.8) is 0 Å². The molecule has 0 amide bonds. The van der Waals surface area contributed by atoms with E-state index in [9.17, 15) is 4.39 Å². The summed E-state index contributed by atoms with van der Waals surface area (Å²) in [6, 6.07) is 6.40. The van der Waals surface area contributed by atoms with E-state index in [0.717, 1.165) is 28.8 Å². The topological polar surface area (TPSA) is 105 Å². The fourth-order valence-electron chi connectivity index (χ4n) is 4.27. The van der Waals surface area contributed by atoms with Crippen molar-refractivity contribution < 1.29 is 13.7 Å². The van der Waals surface area contributed by atoms with Crippen LogP contribution in [0, 0.1) is 11.7 Å². The minimum atomic E-state index is -0.502. The van der Waals surface area contributed by atoms with Crippen LogP contribution in [0.3, 0.4) is 0 Å². The maximum atomic E-state index is 14.2. The summed E-state index contributed by atoms with van der Waals surface area (Å²) in [5.74, 6) is 2.21.